The first-order valence-electron chi connectivity index (χ1n) is 6.24. The molecule has 2 aromatic rings. The zero-order valence-corrected chi connectivity index (χ0v) is 13.4. The van der Waals surface area contributed by atoms with Crippen LogP contribution in [0.4, 0.5) is 5.69 Å². The van der Waals surface area contributed by atoms with E-state index in [1.165, 1.54) is 6.08 Å². The number of carbonyl (C=O) groups is 1. The molecule has 0 saturated carbocycles. The lowest BCUT2D eigenvalue weighted by molar-refractivity contribution is -0.115. The van der Waals surface area contributed by atoms with Crippen LogP contribution in [-0.2, 0) is 4.79 Å². The van der Waals surface area contributed by atoms with Gasteiger partial charge in [0.15, 0.2) is 5.11 Å². The number of carbonyl (C=O) groups excluding carboxylic acids is 1. The Morgan fingerprint density at radius 3 is 2.38 bits per heavy atom. The standard InChI is InChI=1S/C16H13BrN2OS/c17-13-7-9-14(10-8-13)18-16(21)19-15(20)11-6-12-4-2-1-3-5-12/h1-11H,(H2,18,19,20,21). The second kappa shape index (κ2) is 7.71. The summed E-state index contributed by atoms with van der Waals surface area (Å²) in [6.45, 7) is 0. The number of benzene rings is 2. The monoisotopic (exact) mass is 360 g/mol. The number of anilines is 1. The van der Waals surface area contributed by atoms with E-state index in [0.717, 1.165) is 15.7 Å². The predicted octanol–water partition coefficient (Wildman–Crippen LogP) is 3.98. The van der Waals surface area contributed by atoms with Crippen LogP contribution in [0, 0.1) is 0 Å². The third kappa shape index (κ3) is 5.49. The highest BCUT2D eigenvalue weighted by Crippen LogP contribution is 2.13. The maximum Gasteiger partial charge on any atom is 0.250 e. The molecule has 2 rings (SSSR count). The van der Waals surface area contributed by atoms with Crippen molar-refractivity contribution >= 4 is 50.9 Å². The molecule has 0 aromatic heterocycles. The molecule has 0 bridgehead atoms. The third-order valence-corrected chi connectivity index (χ3v) is 3.30. The van der Waals surface area contributed by atoms with Crippen molar-refractivity contribution in [1.82, 2.24) is 5.32 Å². The number of amides is 1. The molecule has 0 atom stereocenters. The second-order valence-corrected chi connectivity index (χ2v) is 5.52. The van der Waals surface area contributed by atoms with Gasteiger partial charge in [0.05, 0.1) is 0 Å². The quantitative estimate of drug-likeness (QED) is 0.642. The molecule has 0 unspecified atom stereocenters. The molecular formula is C16H13BrN2OS. The lowest BCUT2D eigenvalue weighted by Gasteiger charge is -2.07. The minimum Gasteiger partial charge on any atom is -0.332 e. The van der Waals surface area contributed by atoms with Crippen LogP contribution in [0.3, 0.4) is 0 Å². The molecule has 2 aromatic carbocycles. The van der Waals surface area contributed by atoms with Gasteiger partial charge in [-0.3, -0.25) is 10.1 Å². The van der Waals surface area contributed by atoms with Crippen molar-refractivity contribution in [2.24, 2.45) is 0 Å². The molecule has 0 aliphatic heterocycles. The van der Waals surface area contributed by atoms with Gasteiger partial charge in [-0.25, -0.2) is 0 Å². The molecule has 0 heterocycles. The van der Waals surface area contributed by atoms with E-state index in [1.54, 1.807) is 6.08 Å². The van der Waals surface area contributed by atoms with E-state index in [1.807, 2.05) is 54.6 Å². The number of hydrogen-bond acceptors (Lipinski definition) is 2. The summed E-state index contributed by atoms with van der Waals surface area (Å²) in [7, 11) is 0. The lowest BCUT2D eigenvalue weighted by atomic mass is 10.2. The molecule has 21 heavy (non-hydrogen) atoms. The van der Waals surface area contributed by atoms with Crippen molar-refractivity contribution in [1.29, 1.82) is 0 Å². The second-order valence-electron chi connectivity index (χ2n) is 4.19. The maximum absolute atomic E-state index is 11.7. The fourth-order valence-electron chi connectivity index (χ4n) is 1.59. The van der Waals surface area contributed by atoms with Gasteiger partial charge in [-0.05, 0) is 48.1 Å². The Balaban J connectivity index is 1.86. The number of thiocarbonyl (C=S) groups is 1. The van der Waals surface area contributed by atoms with E-state index in [-0.39, 0.29) is 11.0 Å². The van der Waals surface area contributed by atoms with Crippen LogP contribution in [0.1, 0.15) is 5.56 Å². The summed E-state index contributed by atoms with van der Waals surface area (Å²) in [6, 6.07) is 17.1. The van der Waals surface area contributed by atoms with E-state index in [0.29, 0.717) is 0 Å². The van der Waals surface area contributed by atoms with Crippen molar-refractivity contribution in [3.8, 4) is 0 Å². The van der Waals surface area contributed by atoms with Gasteiger partial charge in [-0.2, -0.15) is 0 Å². The van der Waals surface area contributed by atoms with Crippen molar-refractivity contribution < 1.29 is 4.79 Å². The van der Waals surface area contributed by atoms with Gasteiger partial charge in [0.2, 0.25) is 5.91 Å². The van der Waals surface area contributed by atoms with Gasteiger partial charge in [0.25, 0.3) is 0 Å². The largest absolute Gasteiger partial charge is 0.332 e. The molecule has 0 aliphatic carbocycles. The van der Waals surface area contributed by atoms with Crippen molar-refractivity contribution in [3.05, 3.63) is 70.7 Å². The number of hydrogen-bond donors (Lipinski definition) is 2. The molecule has 0 radical (unpaired) electrons. The predicted molar refractivity (Wildman–Crippen MR) is 94.0 cm³/mol. The van der Waals surface area contributed by atoms with E-state index in [9.17, 15) is 4.79 Å². The molecular weight excluding hydrogens is 348 g/mol. The minimum atomic E-state index is -0.270. The van der Waals surface area contributed by atoms with Gasteiger partial charge in [0, 0.05) is 16.2 Å². The van der Waals surface area contributed by atoms with E-state index in [2.05, 4.69) is 26.6 Å². The van der Waals surface area contributed by atoms with Crippen molar-refractivity contribution in [2.75, 3.05) is 5.32 Å². The highest BCUT2D eigenvalue weighted by molar-refractivity contribution is 9.10. The highest BCUT2D eigenvalue weighted by atomic mass is 79.9. The van der Waals surface area contributed by atoms with Gasteiger partial charge in [-0.1, -0.05) is 46.3 Å². The lowest BCUT2D eigenvalue weighted by Crippen LogP contribution is -2.32. The van der Waals surface area contributed by atoms with Gasteiger partial charge in [0.1, 0.15) is 0 Å². The van der Waals surface area contributed by atoms with Crippen LogP contribution >= 0.6 is 28.1 Å². The maximum atomic E-state index is 11.7. The third-order valence-electron chi connectivity index (χ3n) is 2.57. The summed E-state index contributed by atoms with van der Waals surface area (Å²) >= 11 is 8.44. The van der Waals surface area contributed by atoms with E-state index in [4.69, 9.17) is 12.2 Å². The van der Waals surface area contributed by atoms with Gasteiger partial charge < -0.3 is 5.32 Å². The van der Waals surface area contributed by atoms with E-state index >= 15 is 0 Å². The molecule has 106 valence electrons. The van der Waals surface area contributed by atoms with Crippen LogP contribution in [0.25, 0.3) is 6.08 Å². The summed E-state index contributed by atoms with van der Waals surface area (Å²) < 4.78 is 0.980. The van der Waals surface area contributed by atoms with Crippen molar-refractivity contribution in [2.45, 2.75) is 0 Å². The van der Waals surface area contributed by atoms with E-state index < -0.39 is 0 Å². The summed E-state index contributed by atoms with van der Waals surface area (Å²) in [5.41, 5.74) is 1.77. The van der Waals surface area contributed by atoms with Gasteiger partial charge >= 0.3 is 0 Å². The molecule has 3 nitrogen and oxygen atoms in total. The summed E-state index contributed by atoms with van der Waals surface area (Å²) in [4.78, 5) is 11.7. The number of rotatable bonds is 3. The highest BCUT2D eigenvalue weighted by Gasteiger charge is 2.01. The fraction of sp³-hybridized carbons (Fsp3) is 0. The Kier molecular flexibility index (Phi) is 5.66. The molecule has 0 spiro atoms. The van der Waals surface area contributed by atoms with Crippen LogP contribution < -0.4 is 10.6 Å². The molecule has 2 N–H and O–H groups in total. The van der Waals surface area contributed by atoms with Crippen molar-refractivity contribution in [3.63, 3.8) is 0 Å². The van der Waals surface area contributed by atoms with Gasteiger partial charge in [-0.15, -0.1) is 0 Å². The molecule has 0 saturated heterocycles. The first-order valence-corrected chi connectivity index (χ1v) is 7.44. The molecule has 1 amide bonds. The Bertz CT molecular complexity index is 654. The summed E-state index contributed by atoms with van der Waals surface area (Å²) in [5, 5.41) is 5.80. The normalized spacial score (nSPS) is 10.3. The SMILES string of the molecule is O=C(C=Cc1ccccc1)NC(=S)Nc1ccc(Br)cc1. The zero-order valence-electron chi connectivity index (χ0n) is 11.0. The Labute approximate surface area is 137 Å². The molecule has 5 heteroatoms. The molecule has 0 aliphatic rings. The summed E-state index contributed by atoms with van der Waals surface area (Å²) in [6.07, 6.45) is 3.18. The number of nitrogens with one attached hydrogen (secondary N) is 2. The first-order chi connectivity index (χ1) is 10.1. The average Bonchev–Trinajstić information content (AvgIpc) is 2.48. The first kappa shape index (κ1) is 15.4. The Hall–Kier alpha value is -1.98. The van der Waals surface area contributed by atoms with Crippen LogP contribution in [0.5, 0.6) is 0 Å². The van der Waals surface area contributed by atoms with Crippen LogP contribution in [0.15, 0.2) is 65.1 Å². The zero-order chi connectivity index (χ0) is 15.1. The fourth-order valence-corrected chi connectivity index (χ4v) is 2.07. The minimum absolute atomic E-state index is 0.264. The summed E-state index contributed by atoms with van der Waals surface area (Å²) in [5.74, 6) is -0.270. The Morgan fingerprint density at radius 2 is 1.71 bits per heavy atom. The van der Waals surface area contributed by atoms with Crippen LogP contribution in [0.2, 0.25) is 0 Å². The average molecular weight is 361 g/mol. The smallest absolute Gasteiger partial charge is 0.250 e. The molecule has 0 fully saturated rings. The van der Waals surface area contributed by atoms with Crippen LogP contribution in [-0.4, -0.2) is 11.0 Å². The number of halogens is 1. The Morgan fingerprint density at radius 1 is 1.05 bits per heavy atom. The topological polar surface area (TPSA) is 41.1 Å².